The van der Waals surface area contributed by atoms with Gasteiger partial charge in [-0.2, -0.15) is 0 Å². The number of carbonyl (C=O) groups is 2. The van der Waals surface area contributed by atoms with Crippen molar-refractivity contribution in [2.75, 3.05) is 6.61 Å². The standard InChI is InChI=1S/C20H22O6/c1-11-7-16-20(10-21)13(17(22)26-16)3-2-4-15(20)19(11)8-14(25-18(19)23)12-5-6-24-9-12/h3,5-6,9,11,14-16,21H,2,4,7-8,10H2,1H3/t11-,14-,15-,16-,19-,20+/m1/s1. The number of aliphatic hydroxyl groups excluding tert-OH is 1. The van der Waals surface area contributed by atoms with Gasteiger partial charge in [0.15, 0.2) is 0 Å². The zero-order chi connectivity index (χ0) is 18.1. The lowest BCUT2D eigenvalue weighted by atomic mass is 9.45. The molecule has 0 amide bonds. The summed E-state index contributed by atoms with van der Waals surface area (Å²) in [5, 5.41) is 10.4. The Balaban J connectivity index is 1.63. The molecule has 0 radical (unpaired) electrons. The van der Waals surface area contributed by atoms with Gasteiger partial charge in [0.25, 0.3) is 0 Å². The first-order valence-corrected chi connectivity index (χ1v) is 9.29. The molecule has 3 heterocycles. The molecular formula is C20H22O6. The van der Waals surface area contributed by atoms with Crippen molar-refractivity contribution in [2.45, 2.75) is 44.8 Å². The summed E-state index contributed by atoms with van der Waals surface area (Å²) in [4.78, 5) is 25.6. The molecule has 2 aliphatic carbocycles. The minimum absolute atomic E-state index is 0.00632. The first kappa shape index (κ1) is 16.1. The highest BCUT2D eigenvalue weighted by Gasteiger charge is 2.72. The topological polar surface area (TPSA) is 86.0 Å². The summed E-state index contributed by atoms with van der Waals surface area (Å²) in [7, 11) is 0. The summed E-state index contributed by atoms with van der Waals surface area (Å²) in [6.45, 7) is 1.86. The highest BCUT2D eigenvalue weighted by molar-refractivity contribution is 5.94. The largest absolute Gasteiger partial charge is 0.472 e. The van der Waals surface area contributed by atoms with E-state index in [2.05, 4.69) is 0 Å². The minimum atomic E-state index is -0.786. The summed E-state index contributed by atoms with van der Waals surface area (Å²) < 4.78 is 16.6. The zero-order valence-electron chi connectivity index (χ0n) is 14.6. The summed E-state index contributed by atoms with van der Waals surface area (Å²) in [6, 6.07) is 1.82. The van der Waals surface area contributed by atoms with E-state index in [1.165, 1.54) is 0 Å². The third-order valence-corrected chi connectivity index (χ3v) is 7.37. The van der Waals surface area contributed by atoms with Crippen LogP contribution in [0.3, 0.4) is 0 Å². The van der Waals surface area contributed by atoms with Gasteiger partial charge in [-0.05, 0) is 37.2 Å². The van der Waals surface area contributed by atoms with Crippen molar-refractivity contribution in [2.24, 2.45) is 22.7 Å². The van der Waals surface area contributed by atoms with Crippen molar-refractivity contribution in [3.05, 3.63) is 35.8 Å². The highest BCUT2D eigenvalue weighted by Crippen LogP contribution is 2.68. The van der Waals surface area contributed by atoms with E-state index in [4.69, 9.17) is 13.9 Å². The van der Waals surface area contributed by atoms with Gasteiger partial charge in [0, 0.05) is 17.6 Å². The van der Waals surface area contributed by atoms with E-state index in [9.17, 15) is 14.7 Å². The van der Waals surface area contributed by atoms with E-state index in [0.29, 0.717) is 24.8 Å². The van der Waals surface area contributed by atoms with Crippen molar-refractivity contribution < 1.29 is 28.6 Å². The molecule has 26 heavy (non-hydrogen) atoms. The molecule has 2 aliphatic heterocycles. The average molecular weight is 358 g/mol. The lowest BCUT2D eigenvalue weighted by Crippen LogP contribution is -2.60. The normalized spacial score (nSPS) is 43.8. The Morgan fingerprint density at radius 2 is 2.15 bits per heavy atom. The Bertz CT molecular complexity index is 795. The average Bonchev–Trinajstić information content (AvgIpc) is 3.33. The van der Waals surface area contributed by atoms with Crippen LogP contribution in [0.5, 0.6) is 0 Å². The Hall–Kier alpha value is -2.08. The quantitative estimate of drug-likeness (QED) is 0.818. The van der Waals surface area contributed by atoms with Gasteiger partial charge in [-0.3, -0.25) is 4.79 Å². The Morgan fingerprint density at radius 3 is 2.88 bits per heavy atom. The van der Waals surface area contributed by atoms with Crippen molar-refractivity contribution in [3.8, 4) is 0 Å². The molecule has 1 aromatic rings. The van der Waals surface area contributed by atoms with Crippen molar-refractivity contribution in [1.82, 2.24) is 0 Å². The third-order valence-electron chi connectivity index (χ3n) is 7.37. The molecule has 0 aromatic carbocycles. The molecule has 3 fully saturated rings. The smallest absolute Gasteiger partial charge is 0.334 e. The molecule has 5 rings (SSSR count). The van der Waals surface area contributed by atoms with Crippen LogP contribution in [0.4, 0.5) is 0 Å². The van der Waals surface area contributed by atoms with Gasteiger partial charge in [0.05, 0.1) is 30.0 Å². The fourth-order valence-corrected chi connectivity index (χ4v) is 6.15. The van der Waals surface area contributed by atoms with Crippen molar-refractivity contribution in [1.29, 1.82) is 0 Å². The number of esters is 2. The maximum atomic E-state index is 13.2. The molecule has 4 aliphatic rings. The molecule has 2 saturated heterocycles. The summed E-state index contributed by atoms with van der Waals surface area (Å²) in [5.74, 6) is -0.708. The molecule has 138 valence electrons. The molecule has 1 aromatic heterocycles. The molecule has 0 unspecified atom stereocenters. The Labute approximate surface area is 151 Å². The molecule has 6 atom stereocenters. The SMILES string of the molecule is C[C@@H]1C[C@H]2OC(=O)C3=CCC[C@H]([C@@]14C[C@H](c1ccoc1)OC4=O)[C@]32CO. The van der Waals surface area contributed by atoms with Crippen LogP contribution in [-0.2, 0) is 19.1 Å². The lowest BCUT2D eigenvalue weighted by Gasteiger charge is -2.55. The van der Waals surface area contributed by atoms with E-state index in [1.54, 1.807) is 12.5 Å². The second-order valence-corrected chi connectivity index (χ2v) is 8.17. The van der Waals surface area contributed by atoms with Crippen LogP contribution in [0.2, 0.25) is 0 Å². The first-order valence-electron chi connectivity index (χ1n) is 9.29. The number of rotatable bonds is 2. The van der Waals surface area contributed by atoms with E-state index < -0.39 is 10.8 Å². The Kier molecular flexibility index (Phi) is 3.24. The summed E-state index contributed by atoms with van der Waals surface area (Å²) >= 11 is 0. The molecule has 1 spiro atoms. The van der Waals surface area contributed by atoms with Gasteiger partial charge in [-0.1, -0.05) is 13.0 Å². The molecule has 0 bridgehead atoms. The molecular weight excluding hydrogens is 336 g/mol. The predicted molar refractivity (Wildman–Crippen MR) is 88.6 cm³/mol. The van der Waals surface area contributed by atoms with E-state index in [1.807, 2.05) is 19.1 Å². The van der Waals surface area contributed by atoms with Crippen LogP contribution < -0.4 is 0 Å². The number of ether oxygens (including phenoxy) is 2. The number of aliphatic hydroxyl groups is 1. The summed E-state index contributed by atoms with van der Waals surface area (Å²) in [6.07, 6.45) is 6.95. The van der Waals surface area contributed by atoms with E-state index >= 15 is 0 Å². The number of furan rings is 1. The number of allylic oxidation sites excluding steroid dienone is 1. The third kappa shape index (κ3) is 1.71. The van der Waals surface area contributed by atoms with Gasteiger partial charge < -0.3 is 19.0 Å². The number of cyclic esters (lactones) is 1. The maximum Gasteiger partial charge on any atom is 0.334 e. The molecule has 6 heteroatoms. The molecule has 6 nitrogen and oxygen atoms in total. The second-order valence-electron chi connectivity index (χ2n) is 8.17. The van der Waals surface area contributed by atoms with Crippen LogP contribution in [-0.4, -0.2) is 29.8 Å². The molecule has 1 N–H and O–H groups in total. The van der Waals surface area contributed by atoms with Gasteiger partial charge in [0.1, 0.15) is 12.2 Å². The first-order chi connectivity index (χ1) is 12.5. The van der Waals surface area contributed by atoms with Crippen LogP contribution in [0, 0.1) is 22.7 Å². The minimum Gasteiger partial charge on any atom is -0.472 e. The highest BCUT2D eigenvalue weighted by atomic mass is 16.6. The zero-order valence-corrected chi connectivity index (χ0v) is 14.6. The van der Waals surface area contributed by atoms with Gasteiger partial charge in [-0.25, -0.2) is 4.79 Å². The van der Waals surface area contributed by atoms with Crippen LogP contribution in [0.1, 0.15) is 44.3 Å². The monoisotopic (exact) mass is 358 g/mol. The van der Waals surface area contributed by atoms with Crippen LogP contribution in [0.15, 0.2) is 34.7 Å². The van der Waals surface area contributed by atoms with E-state index in [-0.39, 0.29) is 42.6 Å². The van der Waals surface area contributed by atoms with E-state index in [0.717, 1.165) is 12.0 Å². The molecule has 1 saturated carbocycles. The second kappa shape index (κ2) is 5.22. The fraction of sp³-hybridized carbons (Fsp3) is 0.600. The van der Waals surface area contributed by atoms with Crippen molar-refractivity contribution >= 4 is 11.9 Å². The summed E-state index contributed by atoms with van der Waals surface area (Å²) in [5.41, 5.74) is -0.0825. The maximum absolute atomic E-state index is 13.2. The van der Waals surface area contributed by atoms with Gasteiger partial charge in [0.2, 0.25) is 0 Å². The number of hydrogen-bond donors (Lipinski definition) is 1. The number of carbonyl (C=O) groups excluding carboxylic acids is 2. The van der Waals surface area contributed by atoms with Gasteiger partial charge in [-0.15, -0.1) is 0 Å². The number of fused-ring (bicyclic) bond motifs is 1. The Morgan fingerprint density at radius 1 is 1.31 bits per heavy atom. The van der Waals surface area contributed by atoms with Crippen molar-refractivity contribution in [3.63, 3.8) is 0 Å². The predicted octanol–water partition coefficient (Wildman–Crippen LogP) is 2.53. The van der Waals surface area contributed by atoms with Crippen LogP contribution >= 0.6 is 0 Å². The number of hydrogen-bond acceptors (Lipinski definition) is 6. The van der Waals surface area contributed by atoms with Gasteiger partial charge >= 0.3 is 11.9 Å². The van der Waals surface area contributed by atoms with Crippen LogP contribution in [0.25, 0.3) is 0 Å². The fourth-order valence-electron chi connectivity index (χ4n) is 6.15. The lowest BCUT2D eigenvalue weighted by molar-refractivity contribution is -0.174.